The molecule has 0 bridgehead atoms. The summed E-state index contributed by atoms with van der Waals surface area (Å²) in [6, 6.07) is 8.62. The van der Waals surface area contributed by atoms with E-state index < -0.39 is 35.5 Å². The molecule has 1 fully saturated rings. The number of hydrogen-bond acceptors (Lipinski definition) is 5. The van der Waals surface area contributed by atoms with Crippen LogP contribution in [0.25, 0.3) is 11.3 Å². The molecule has 0 radical (unpaired) electrons. The average molecular weight is 541 g/mol. The van der Waals surface area contributed by atoms with Gasteiger partial charge in [0.15, 0.2) is 11.5 Å². The summed E-state index contributed by atoms with van der Waals surface area (Å²) in [6.45, 7) is 0.157. The Morgan fingerprint density at radius 3 is 1.97 bits per heavy atom. The van der Waals surface area contributed by atoms with Gasteiger partial charge < -0.3 is 20.3 Å². The second-order valence-corrected chi connectivity index (χ2v) is 9.19. The van der Waals surface area contributed by atoms with E-state index in [0.29, 0.717) is 36.8 Å². The number of rotatable bonds is 7. The van der Waals surface area contributed by atoms with Gasteiger partial charge in [-0.1, -0.05) is 29.4 Å². The standard InChI is InChI=1S/C26H25F6N3O3/c27-25(28,29)17-5-1-15(2-6-17)13-33-14-21-22(24(37)34-19-9-11-20(36)12-10-19)35-38-23(21)16-3-7-18(8-4-16)26(30,31)32/h1-8,19-20,33,36H,9-14H2,(H,34,37). The zero-order valence-corrected chi connectivity index (χ0v) is 20.0. The van der Waals surface area contributed by atoms with Crippen molar-refractivity contribution in [2.45, 2.75) is 63.3 Å². The molecule has 0 atom stereocenters. The molecule has 0 unspecified atom stereocenters. The van der Waals surface area contributed by atoms with Gasteiger partial charge in [-0.05, 0) is 55.5 Å². The lowest BCUT2D eigenvalue weighted by Crippen LogP contribution is -2.39. The van der Waals surface area contributed by atoms with Crippen LogP contribution >= 0.6 is 0 Å². The summed E-state index contributed by atoms with van der Waals surface area (Å²) in [5, 5.41) is 19.5. The monoisotopic (exact) mass is 541 g/mol. The molecule has 3 aromatic rings. The fraction of sp³-hybridized carbons (Fsp3) is 0.385. The largest absolute Gasteiger partial charge is 0.416 e. The summed E-state index contributed by atoms with van der Waals surface area (Å²) < 4.78 is 82.8. The van der Waals surface area contributed by atoms with Crippen LogP contribution in [-0.2, 0) is 25.4 Å². The molecule has 4 rings (SSSR count). The van der Waals surface area contributed by atoms with Gasteiger partial charge in [-0.3, -0.25) is 4.79 Å². The summed E-state index contributed by atoms with van der Waals surface area (Å²) >= 11 is 0. The lowest BCUT2D eigenvalue weighted by atomic mass is 9.93. The predicted molar refractivity (Wildman–Crippen MR) is 125 cm³/mol. The molecule has 0 aliphatic heterocycles. The third-order valence-electron chi connectivity index (χ3n) is 6.42. The number of aliphatic hydroxyl groups excluding tert-OH is 1. The predicted octanol–water partition coefficient (Wildman–Crippen LogP) is 5.70. The van der Waals surface area contributed by atoms with E-state index in [-0.39, 0.29) is 36.1 Å². The summed E-state index contributed by atoms with van der Waals surface area (Å²) in [6.07, 6.45) is -7.14. The first-order valence-corrected chi connectivity index (χ1v) is 11.9. The molecule has 1 heterocycles. The number of carbonyl (C=O) groups excluding carboxylic acids is 1. The normalized spacial score (nSPS) is 18.4. The molecule has 1 amide bonds. The number of hydrogen-bond donors (Lipinski definition) is 3. The van der Waals surface area contributed by atoms with Crippen LogP contribution in [0.4, 0.5) is 26.3 Å². The van der Waals surface area contributed by atoms with Crippen molar-refractivity contribution >= 4 is 5.91 Å². The smallest absolute Gasteiger partial charge is 0.393 e. The highest BCUT2D eigenvalue weighted by atomic mass is 19.4. The van der Waals surface area contributed by atoms with E-state index in [2.05, 4.69) is 15.8 Å². The Balaban J connectivity index is 1.54. The molecule has 1 aromatic heterocycles. The zero-order valence-electron chi connectivity index (χ0n) is 20.0. The summed E-state index contributed by atoms with van der Waals surface area (Å²) in [5.41, 5.74) is -0.552. The SMILES string of the molecule is O=C(NC1CCC(O)CC1)c1noc(-c2ccc(C(F)(F)F)cc2)c1CNCc1ccc(C(F)(F)F)cc1. The number of aromatic nitrogens is 1. The molecular formula is C26H25F6N3O3. The minimum absolute atomic E-state index is 0.00696. The molecule has 12 heteroatoms. The van der Waals surface area contributed by atoms with Crippen molar-refractivity contribution in [3.63, 3.8) is 0 Å². The lowest BCUT2D eigenvalue weighted by molar-refractivity contribution is -0.138. The third kappa shape index (κ3) is 6.73. The van der Waals surface area contributed by atoms with E-state index in [4.69, 9.17) is 4.52 Å². The van der Waals surface area contributed by atoms with Gasteiger partial charge in [0.25, 0.3) is 5.91 Å². The van der Waals surface area contributed by atoms with E-state index in [1.54, 1.807) is 0 Å². The van der Waals surface area contributed by atoms with Crippen molar-refractivity contribution in [2.75, 3.05) is 0 Å². The van der Waals surface area contributed by atoms with Crippen LogP contribution < -0.4 is 10.6 Å². The molecule has 1 aliphatic rings. The molecule has 2 aromatic carbocycles. The van der Waals surface area contributed by atoms with Crippen molar-refractivity contribution in [1.29, 1.82) is 0 Å². The highest BCUT2D eigenvalue weighted by molar-refractivity contribution is 5.95. The van der Waals surface area contributed by atoms with Gasteiger partial charge in [0, 0.05) is 30.3 Å². The summed E-state index contributed by atoms with van der Waals surface area (Å²) in [4.78, 5) is 13.0. The van der Waals surface area contributed by atoms with Crippen LogP contribution in [-0.4, -0.2) is 28.3 Å². The van der Waals surface area contributed by atoms with Gasteiger partial charge in [-0.15, -0.1) is 0 Å². The molecule has 3 N–H and O–H groups in total. The third-order valence-corrected chi connectivity index (χ3v) is 6.42. The first-order valence-electron chi connectivity index (χ1n) is 11.9. The maximum Gasteiger partial charge on any atom is 0.416 e. The van der Waals surface area contributed by atoms with Crippen molar-refractivity contribution in [3.8, 4) is 11.3 Å². The Labute approximate surface area is 214 Å². The zero-order chi connectivity index (χ0) is 27.5. The number of nitrogens with one attached hydrogen (secondary N) is 2. The van der Waals surface area contributed by atoms with Crippen LogP contribution in [0.3, 0.4) is 0 Å². The van der Waals surface area contributed by atoms with Gasteiger partial charge in [-0.2, -0.15) is 26.3 Å². The first kappa shape index (κ1) is 27.6. The molecule has 38 heavy (non-hydrogen) atoms. The highest BCUT2D eigenvalue weighted by Crippen LogP contribution is 2.33. The number of benzene rings is 2. The Morgan fingerprint density at radius 1 is 0.868 bits per heavy atom. The van der Waals surface area contributed by atoms with Crippen molar-refractivity contribution in [2.24, 2.45) is 0 Å². The van der Waals surface area contributed by atoms with Crippen LogP contribution in [0.1, 0.15) is 58.4 Å². The number of carbonyl (C=O) groups is 1. The fourth-order valence-electron chi connectivity index (χ4n) is 4.31. The molecule has 0 spiro atoms. The number of nitrogens with zero attached hydrogens (tertiary/aromatic N) is 1. The Hall–Kier alpha value is -3.38. The Morgan fingerprint density at radius 2 is 1.42 bits per heavy atom. The van der Waals surface area contributed by atoms with Gasteiger partial charge >= 0.3 is 12.4 Å². The minimum atomic E-state index is -4.52. The van der Waals surface area contributed by atoms with E-state index in [1.807, 2.05) is 0 Å². The second kappa shape index (κ2) is 11.2. The van der Waals surface area contributed by atoms with Crippen LogP contribution in [0, 0.1) is 0 Å². The van der Waals surface area contributed by atoms with E-state index in [0.717, 1.165) is 24.3 Å². The van der Waals surface area contributed by atoms with E-state index in [9.17, 15) is 36.2 Å². The van der Waals surface area contributed by atoms with E-state index >= 15 is 0 Å². The van der Waals surface area contributed by atoms with Crippen LogP contribution in [0.5, 0.6) is 0 Å². The quantitative estimate of drug-likeness (QED) is 0.334. The summed E-state index contributed by atoms with van der Waals surface area (Å²) in [5.74, 6) is -0.428. The van der Waals surface area contributed by atoms with Gasteiger partial charge in [0.05, 0.1) is 17.2 Å². The van der Waals surface area contributed by atoms with Crippen molar-refractivity contribution in [1.82, 2.24) is 15.8 Å². The molecule has 1 aliphatic carbocycles. The number of alkyl halides is 6. The minimum Gasteiger partial charge on any atom is -0.393 e. The van der Waals surface area contributed by atoms with Gasteiger partial charge in [0.1, 0.15) is 0 Å². The van der Waals surface area contributed by atoms with Gasteiger partial charge in [0.2, 0.25) is 0 Å². The first-order chi connectivity index (χ1) is 17.9. The Bertz CT molecular complexity index is 1230. The number of aliphatic hydroxyl groups is 1. The molecule has 1 saturated carbocycles. The average Bonchev–Trinajstić information content (AvgIpc) is 3.29. The molecule has 204 valence electrons. The molecule has 0 saturated heterocycles. The van der Waals surface area contributed by atoms with E-state index in [1.165, 1.54) is 24.3 Å². The number of amides is 1. The van der Waals surface area contributed by atoms with Gasteiger partial charge in [-0.25, -0.2) is 0 Å². The topological polar surface area (TPSA) is 87.4 Å². The van der Waals surface area contributed by atoms with Crippen molar-refractivity contribution in [3.05, 3.63) is 76.5 Å². The van der Waals surface area contributed by atoms with Crippen LogP contribution in [0.2, 0.25) is 0 Å². The maximum absolute atomic E-state index is 13.0. The maximum atomic E-state index is 13.0. The Kier molecular flexibility index (Phi) is 8.12. The highest BCUT2D eigenvalue weighted by Gasteiger charge is 2.32. The van der Waals surface area contributed by atoms with Crippen LogP contribution in [0.15, 0.2) is 53.1 Å². The fourth-order valence-corrected chi connectivity index (χ4v) is 4.31. The summed E-state index contributed by atoms with van der Waals surface area (Å²) in [7, 11) is 0. The number of halogens is 6. The molecular weight excluding hydrogens is 516 g/mol. The second-order valence-electron chi connectivity index (χ2n) is 9.19. The lowest BCUT2D eigenvalue weighted by Gasteiger charge is -2.25. The molecule has 6 nitrogen and oxygen atoms in total. The van der Waals surface area contributed by atoms with Crippen molar-refractivity contribution < 1.29 is 40.8 Å².